The summed E-state index contributed by atoms with van der Waals surface area (Å²) in [6.45, 7) is 1.37. The van der Waals surface area contributed by atoms with Crippen LogP contribution in [0.2, 0.25) is 0 Å². The Labute approximate surface area is 99.1 Å². The summed E-state index contributed by atoms with van der Waals surface area (Å²) in [5.74, 6) is -0.133. The minimum Gasteiger partial charge on any atom is -0.477 e. The molecule has 1 aliphatic carbocycles. The van der Waals surface area contributed by atoms with Crippen LogP contribution in [0.1, 0.15) is 40.2 Å². The molecule has 1 saturated carbocycles. The van der Waals surface area contributed by atoms with Crippen molar-refractivity contribution in [3.63, 3.8) is 0 Å². The average molecular weight is 240 g/mol. The molecule has 0 saturated heterocycles. The molecule has 1 aromatic rings. The summed E-state index contributed by atoms with van der Waals surface area (Å²) in [5, 5.41) is 8.77. The van der Waals surface area contributed by atoms with E-state index < -0.39 is 5.97 Å². The lowest BCUT2D eigenvalue weighted by atomic mass is 10.1. The molecule has 0 bridgehead atoms. The Morgan fingerprint density at radius 1 is 1.44 bits per heavy atom. The van der Waals surface area contributed by atoms with Crippen LogP contribution in [0.3, 0.4) is 0 Å². The van der Waals surface area contributed by atoms with Crippen molar-refractivity contribution in [1.82, 2.24) is 0 Å². The third-order valence-electron chi connectivity index (χ3n) is 2.95. The van der Waals surface area contributed by atoms with Gasteiger partial charge in [0.15, 0.2) is 0 Å². The summed E-state index contributed by atoms with van der Waals surface area (Å²) in [6.07, 6.45) is 5.22. The molecule has 0 aliphatic heterocycles. The van der Waals surface area contributed by atoms with Gasteiger partial charge in [-0.1, -0.05) is 12.8 Å². The zero-order valence-electron chi connectivity index (χ0n) is 9.15. The van der Waals surface area contributed by atoms with Gasteiger partial charge in [-0.3, -0.25) is 0 Å². The molecule has 0 aromatic carbocycles. The van der Waals surface area contributed by atoms with E-state index in [0.717, 1.165) is 17.4 Å². The third kappa shape index (κ3) is 3.06. The minimum absolute atomic E-state index is 0.388. The fourth-order valence-electron chi connectivity index (χ4n) is 2.07. The zero-order chi connectivity index (χ0) is 11.4. The molecule has 0 spiro atoms. The number of hydrogen-bond donors (Lipinski definition) is 1. The molecule has 0 amide bonds. The lowest BCUT2D eigenvalue weighted by molar-refractivity contribution is 0.0702. The highest BCUT2D eigenvalue weighted by Gasteiger charge is 2.15. The van der Waals surface area contributed by atoms with Gasteiger partial charge in [-0.25, -0.2) is 4.79 Å². The summed E-state index contributed by atoms with van der Waals surface area (Å²) in [7, 11) is 0. The Morgan fingerprint density at radius 3 is 2.81 bits per heavy atom. The van der Waals surface area contributed by atoms with Crippen LogP contribution in [0.25, 0.3) is 0 Å². The maximum Gasteiger partial charge on any atom is 0.345 e. The number of carboxylic acids is 1. The van der Waals surface area contributed by atoms with Crippen molar-refractivity contribution in [3.8, 4) is 0 Å². The summed E-state index contributed by atoms with van der Waals surface area (Å²) in [4.78, 5) is 12.1. The second-order valence-electron chi connectivity index (χ2n) is 4.24. The van der Waals surface area contributed by atoms with Crippen LogP contribution in [-0.2, 0) is 11.3 Å². The van der Waals surface area contributed by atoms with Gasteiger partial charge in [0, 0.05) is 11.5 Å². The molecule has 1 aliphatic rings. The van der Waals surface area contributed by atoms with Gasteiger partial charge in [0.25, 0.3) is 0 Å². The monoisotopic (exact) mass is 240 g/mol. The summed E-state index contributed by atoms with van der Waals surface area (Å²) >= 11 is 1.30. The van der Waals surface area contributed by atoms with E-state index in [4.69, 9.17) is 9.84 Å². The highest BCUT2D eigenvalue weighted by atomic mass is 32.1. The highest BCUT2D eigenvalue weighted by Crippen LogP contribution is 2.25. The highest BCUT2D eigenvalue weighted by molar-refractivity contribution is 7.13. The van der Waals surface area contributed by atoms with Crippen molar-refractivity contribution in [1.29, 1.82) is 0 Å². The molecule has 1 fully saturated rings. The molecule has 1 heterocycles. The van der Waals surface area contributed by atoms with Gasteiger partial charge in [-0.2, -0.15) is 0 Å². The average Bonchev–Trinajstić information content (AvgIpc) is 2.87. The molecule has 1 N–H and O–H groups in total. The number of hydrogen-bond acceptors (Lipinski definition) is 3. The molecular weight excluding hydrogens is 224 g/mol. The normalized spacial score (nSPS) is 16.8. The Balaban J connectivity index is 1.74. The topological polar surface area (TPSA) is 46.5 Å². The van der Waals surface area contributed by atoms with Gasteiger partial charge in [-0.15, -0.1) is 11.3 Å². The van der Waals surface area contributed by atoms with E-state index >= 15 is 0 Å². The first-order valence-corrected chi connectivity index (χ1v) is 6.47. The number of carboxylic acid groups (broad SMARTS) is 1. The largest absolute Gasteiger partial charge is 0.477 e. The molecule has 0 unspecified atom stereocenters. The van der Waals surface area contributed by atoms with Gasteiger partial charge in [-0.05, 0) is 30.9 Å². The first-order chi connectivity index (χ1) is 7.75. The molecule has 1 aromatic heterocycles. The fourth-order valence-corrected chi connectivity index (χ4v) is 2.86. The second kappa shape index (κ2) is 5.46. The van der Waals surface area contributed by atoms with E-state index in [2.05, 4.69) is 0 Å². The summed E-state index contributed by atoms with van der Waals surface area (Å²) in [6, 6.07) is 3.48. The van der Waals surface area contributed by atoms with Crippen LogP contribution in [0.15, 0.2) is 12.1 Å². The molecule has 88 valence electrons. The van der Waals surface area contributed by atoms with Crippen LogP contribution in [-0.4, -0.2) is 17.7 Å². The van der Waals surface area contributed by atoms with Crippen molar-refractivity contribution in [2.24, 2.45) is 5.92 Å². The van der Waals surface area contributed by atoms with E-state index in [9.17, 15) is 4.79 Å². The Bertz CT molecular complexity index is 353. The number of carbonyl (C=O) groups is 1. The van der Waals surface area contributed by atoms with Gasteiger partial charge < -0.3 is 9.84 Å². The molecule has 0 radical (unpaired) electrons. The molecule has 4 heteroatoms. The Kier molecular flexibility index (Phi) is 3.96. The van der Waals surface area contributed by atoms with Gasteiger partial charge in [0.2, 0.25) is 0 Å². The number of thiophene rings is 1. The lowest BCUT2D eigenvalue weighted by Crippen LogP contribution is -2.04. The van der Waals surface area contributed by atoms with Gasteiger partial charge in [0.1, 0.15) is 4.88 Å². The van der Waals surface area contributed by atoms with Crippen molar-refractivity contribution >= 4 is 17.3 Å². The zero-order valence-corrected chi connectivity index (χ0v) is 9.96. The maximum atomic E-state index is 10.7. The number of aromatic carboxylic acids is 1. The Hall–Kier alpha value is -0.870. The lowest BCUT2D eigenvalue weighted by Gasteiger charge is -2.08. The number of rotatable bonds is 5. The van der Waals surface area contributed by atoms with Gasteiger partial charge >= 0.3 is 5.97 Å². The SMILES string of the molecule is O=C(O)c1ccc(COCC2CCCC2)s1. The number of ether oxygens (including phenoxy) is 1. The first kappa shape index (κ1) is 11.6. The fraction of sp³-hybridized carbons (Fsp3) is 0.583. The van der Waals surface area contributed by atoms with E-state index in [1.54, 1.807) is 6.07 Å². The van der Waals surface area contributed by atoms with Crippen LogP contribution < -0.4 is 0 Å². The standard InChI is InChI=1S/C12H16O3S/c13-12(14)11-6-5-10(16-11)8-15-7-9-3-1-2-4-9/h5-6,9H,1-4,7-8H2,(H,13,14). The van der Waals surface area contributed by atoms with Crippen molar-refractivity contribution < 1.29 is 14.6 Å². The van der Waals surface area contributed by atoms with Crippen molar-refractivity contribution in [2.45, 2.75) is 32.3 Å². The Morgan fingerprint density at radius 2 is 2.19 bits per heavy atom. The molecule has 0 atom stereocenters. The summed E-state index contributed by atoms with van der Waals surface area (Å²) in [5.41, 5.74) is 0. The third-order valence-corrected chi connectivity index (χ3v) is 3.99. The van der Waals surface area contributed by atoms with Gasteiger partial charge in [0.05, 0.1) is 6.61 Å². The van der Waals surface area contributed by atoms with E-state index in [1.807, 2.05) is 6.07 Å². The van der Waals surface area contributed by atoms with E-state index in [-0.39, 0.29) is 0 Å². The predicted octanol–water partition coefficient (Wildman–Crippen LogP) is 3.15. The molecule has 16 heavy (non-hydrogen) atoms. The van der Waals surface area contributed by atoms with Crippen molar-refractivity contribution in [3.05, 3.63) is 21.9 Å². The molecular formula is C12H16O3S. The molecule has 3 nitrogen and oxygen atoms in total. The summed E-state index contributed by atoms with van der Waals surface area (Å²) < 4.78 is 5.61. The maximum absolute atomic E-state index is 10.7. The van der Waals surface area contributed by atoms with Crippen LogP contribution in [0.4, 0.5) is 0 Å². The predicted molar refractivity (Wildman–Crippen MR) is 62.9 cm³/mol. The minimum atomic E-state index is -0.855. The van der Waals surface area contributed by atoms with Crippen LogP contribution >= 0.6 is 11.3 Å². The smallest absolute Gasteiger partial charge is 0.345 e. The quantitative estimate of drug-likeness (QED) is 0.860. The van der Waals surface area contributed by atoms with Crippen LogP contribution in [0, 0.1) is 5.92 Å². The second-order valence-corrected chi connectivity index (χ2v) is 5.41. The van der Waals surface area contributed by atoms with E-state index in [0.29, 0.717) is 11.5 Å². The molecule has 2 rings (SSSR count). The first-order valence-electron chi connectivity index (χ1n) is 5.65. The van der Waals surface area contributed by atoms with Crippen LogP contribution in [0.5, 0.6) is 0 Å². The van der Waals surface area contributed by atoms with Crippen molar-refractivity contribution in [2.75, 3.05) is 6.61 Å². The van der Waals surface area contributed by atoms with E-state index in [1.165, 1.54) is 37.0 Å².